The first kappa shape index (κ1) is 12.3. The van der Waals surface area contributed by atoms with Gasteiger partial charge in [-0.3, -0.25) is 4.79 Å². The van der Waals surface area contributed by atoms with Crippen LogP contribution in [-0.4, -0.2) is 46.8 Å². The molecule has 1 atom stereocenters. The molecule has 0 amide bonds. The summed E-state index contributed by atoms with van der Waals surface area (Å²) in [4.78, 5) is 20.6. The Bertz CT molecular complexity index is 485. The van der Waals surface area contributed by atoms with Crippen molar-refractivity contribution in [2.45, 2.75) is 12.5 Å². The van der Waals surface area contributed by atoms with Gasteiger partial charge in [-0.2, -0.15) is 5.26 Å². The van der Waals surface area contributed by atoms with Crippen LogP contribution in [0.15, 0.2) is 12.3 Å². The van der Waals surface area contributed by atoms with E-state index in [4.69, 9.17) is 15.1 Å². The van der Waals surface area contributed by atoms with Crippen LogP contribution >= 0.6 is 0 Å². The zero-order valence-corrected chi connectivity index (χ0v) is 9.61. The molecule has 0 bridgehead atoms. The van der Waals surface area contributed by atoms with E-state index in [1.807, 2.05) is 11.0 Å². The van der Waals surface area contributed by atoms with Crippen molar-refractivity contribution >= 4 is 11.9 Å². The summed E-state index contributed by atoms with van der Waals surface area (Å²) < 4.78 is 5.35. The molecule has 2 rings (SSSR count). The molecule has 7 nitrogen and oxygen atoms in total. The molecule has 1 aliphatic rings. The van der Waals surface area contributed by atoms with Crippen LogP contribution in [-0.2, 0) is 9.53 Å². The van der Waals surface area contributed by atoms with Crippen LogP contribution in [0.1, 0.15) is 12.1 Å². The van der Waals surface area contributed by atoms with Crippen molar-refractivity contribution in [3.63, 3.8) is 0 Å². The topological polar surface area (TPSA) is 99.3 Å². The van der Waals surface area contributed by atoms with Gasteiger partial charge in [-0.1, -0.05) is 0 Å². The molecule has 1 N–H and O–H groups in total. The fourth-order valence-corrected chi connectivity index (χ4v) is 1.78. The maximum absolute atomic E-state index is 10.6. The molecule has 1 aromatic heterocycles. The molecule has 2 heterocycles. The van der Waals surface area contributed by atoms with Gasteiger partial charge in [-0.05, 0) is 6.07 Å². The van der Waals surface area contributed by atoms with Gasteiger partial charge in [0.15, 0.2) is 0 Å². The second kappa shape index (κ2) is 5.42. The lowest BCUT2D eigenvalue weighted by molar-refractivity contribution is -0.140. The van der Waals surface area contributed by atoms with Gasteiger partial charge in [0.25, 0.3) is 0 Å². The largest absolute Gasteiger partial charge is 0.481 e. The predicted molar refractivity (Wildman–Crippen MR) is 61.0 cm³/mol. The quantitative estimate of drug-likeness (QED) is 0.805. The van der Waals surface area contributed by atoms with Gasteiger partial charge in [0.05, 0.1) is 19.1 Å². The minimum atomic E-state index is -0.895. The van der Waals surface area contributed by atoms with Crippen molar-refractivity contribution in [1.29, 1.82) is 5.26 Å². The zero-order valence-electron chi connectivity index (χ0n) is 9.61. The summed E-state index contributed by atoms with van der Waals surface area (Å²) in [6.07, 6.45) is 1.10. The molecule has 1 unspecified atom stereocenters. The number of nitrogens with zero attached hydrogens (tertiary/aromatic N) is 4. The number of rotatable bonds is 3. The second-order valence-corrected chi connectivity index (χ2v) is 3.89. The highest BCUT2D eigenvalue weighted by Gasteiger charge is 2.24. The molecule has 0 radical (unpaired) electrons. The second-order valence-electron chi connectivity index (χ2n) is 3.89. The number of carbonyl (C=O) groups is 1. The van der Waals surface area contributed by atoms with Gasteiger partial charge in [0.2, 0.25) is 5.95 Å². The van der Waals surface area contributed by atoms with Crippen molar-refractivity contribution in [3.8, 4) is 6.07 Å². The fraction of sp³-hybridized carbons (Fsp3) is 0.455. The highest BCUT2D eigenvalue weighted by atomic mass is 16.5. The molecular formula is C11H12N4O3. The number of morpholine rings is 1. The van der Waals surface area contributed by atoms with Gasteiger partial charge in [0, 0.05) is 19.3 Å². The van der Waals surface area contributed by atoms with Gasteiger partial charge in [-0.15, -0.1) is 0 Å². The number of aromatic nitrogens is 2. The summed E-state index contributed by atoms with van der Waals surface area (Å²) in [7, 11) is 0. The molecule has 0 aliphatic carbocycles. The average Bonchev–Trinajstić information content (AvgIpc) is 2.38. The highest BCUT2D eigenvalue weighted by Crippen LogP contribution is 2.14. The number of hydrogen-bond acceptors (Lipinski definition) is 6. The van der Waals surface area contributed by atoms with Crippen LogP contribution in [0.5, 0.6) is 0 Å². The van der Waals surface area contributed by atoms with Crippen molar-refractivity contribution in [2.24, 2.45) is 0 Å². The summed E-state index contributed by atoms with van der Waals surface area (Å²) in [5, 5.41) is 17.5. The van der Waals surface area contributed by atoms with E-state index in [0.29, 0.717) is 31.3 Å². The smallest absolute Gasteiger partial charge is 0.306 e. The molecule has 0 aromatic carbocycles. The molecular weight excluding hydrogens is 236 g/mol. The van der Waals surface area contributed by atoms with Crippen molar-refractivity contribution < 1.29 is 14.6 Å². The molecule has 1 aliphatic heterocycles. The Labute approximate surface area is 104 Å². The van der Waals surface area contributed by atoms with E-state index in [0.717, 1.165) is 0 Å². The first-order chi connectivity index (χ1) is 8.69. The van der Waals surface area contributed by atoms with Crippen molar-refractivity contribution in [3.05, 3.63) is 18.0 Å². The standard InChI is InChI=1S/C11H12N4O3/c12-6-8-1-2-13-11(14-8)15-3-4-18-9(7-15)5-10(16)17/h1-2,9H,3-5,7H2,(H,16,17). The van der Waals surface area contributed by atoms with Gasteiger partial charge >= 0.3 is 5.97 Å². The molecule has 0 spiro atoms. The summed E-state index contributed by atoms with van der Waals surface area (Å²) >= 11 is 0. The Morgan fingerprint density at radius 3 is 3.28 bits per heavy atom. The molecule has 18 heavy (non-hydrogen) atoms. The van der Waals surface area contributed by atoms with Crippen LogP contribution in [0.25, 0.3) is 0 Å². The number of anilines is 1. The summed E-state index contributed by atoms with van der Waals surface area (Å²) in [6, 6.07) is 3.47. The highest BCUT2D eigenvalue weighted by molar-refractivity contribution is 5.67. The van der Waals surface area contributed by atoms with Gasteiger partial charge in [-0.25, -0.2) is 9.97 Å². The van der Waals surface area contributed by atoms with Crippen LogP contribution < -0.4 is 4.90 Å². The molecule has 0 saturated carbocycles. The molecule has 7 heteroatoms. The predicted octanol–water partition coefficient (Wildman–Crippen LogP) is 0.0282. The van der Waals surface area contributed by atoms with Crippen LogP contribution in [0, 0.1) is 11.3 Å². The molecule has 1 aromatic rings. The van der Waals surface area contributed by atoms with E-state index in [9.17, 15) is 4.79 Å². The molecule has 94 valence electrons. The molecule has 1 fully saturated rings. The Kier molecular flexibility index (Phi) is 3.69. The summed E-state index contributed by atoms with van der Waals surface area (Å²) in [5.74, 6) is -0.457. The lowest BCUT2D eigenvalue weighted by Gasteiger charge is -2.32. The van der Waals surface area contributed by atoms with Crippen molar-refractivity contribution in [1.82, 2.24) is 9.97 Å². The zero-order chi connectivity index (χ0) is 13.0. The third kappa shape index (κ3) is 2.93. The number of aliphatic carboxylic acids is 1. The van der Waals surface area contributed by atoms with Crippen LogP contribution in [0.3, 0.4) is 0 Å². The SMILES string of the molecule is N#Cc1ccnc(N2CCOC(CC(=O)O)C2)n1. The minimum Gasteiger partial charge on any atom is -0.481 e. The van der Waals surface area contributed by atoms with Crippen LogP contribution in [0.4, 0.5) is 5.95 Å². The maximum Gasteiger partial charge on any atom is 0.306 e. The monoisotopic (exact) mass is 248 g/mol. The van der Waals surface area contributed by atoms with Gasteiger partial charge < -0.3 is 14.7 Å². The number of ether oxygens (including phenoxy) is 1. The first-order valence-corrected chi connectivity index (χ1v) is 5.50. The normalized spacial score (nSPS) is 19.3. The van der Waals surface area contributed by atoms with E-state index < -0.39 is 5.97 Å². The lowest BCUT2D eigenvalue weighted by Crippen LogP contribution is -2.44. The Morgan fingerprint density at radius 2 is 2.56 bits per heavy atom. The Balaban J connectivity index is 2.08. The summed E-state index contributed by atoms with van der Waals surface area (Å²) in [6.45, 7) is 1.43. The Hall–Kier alpha value is -2.20. The van der Waals surface area contributed by atoms with Crippen LogP contribution in [0.2, 0.25) is 0 Å². The van der Waals surface area contributed by atoms with E-state index in [2.05, 4.69) is 9.97 Å². The van der Waals surface area contributed by atoms with E-state index in [1.54, 1.807) is 0 Å². The minimum absolute atomic E-state index is 0.0472. The number of hydrogen-bond donors (Lipinski definition) is 1. The third-order valence-electron chi connectivity index (χ3n) is 2.58. The van der Waals surface area contributed by atoms with Gasteiger partial charge in [0.1, 0.15) is 11.8 Å². The summed E-state index contributed by atoms with van der Waals surface area (Å²) in [5.41, 5.74) is 0.293. The lowest BCUT2D eigenvalue weighted by atomic mass is 10.2. The molecule has 1 saturated heterocycles. The fourth-order valence-electron chi connectivity index (χ4n) is 1.78. The van der Waals surface area contributed by atoms with E-state index in [1.165, 1.54) is 12.3 Å². The van der Waals surface area contributed by atoms with E-state index in [-0.39, 0.29) is 12.5 Å². The van der Waals surface area contributed by atoms with E-state index >= 15 is 0 Å². The van der Waals surface area contributed by atoms with Crippen molar-refractivity contribution in [2.75, 3.05) is 24.6 Å². The third-order valence-corrected chi connectivity index (χ3v) is 2.58. The number of carboxylic acid groups (broad SMARTS) is 1. The first-order valence-electron chi connectivity index (χ1n) is 5.50. The number of carboxylic acids is 1. The number of nitriles is 1. The maximum atomic E-state index is 10.6. The Morgan fingerprint density at radius 1 is 1.72 bits per heavy atom. The average molecular weight is 248 g/mol.